The molecular formula is C15H27N3O. The molecule has 0 radical (unpaired) electrons. The Hall–Kier alpha value is -0.630. The van der Waals surface area contributed by atoms with Crippen LogP contribution in [0, 0.1) is 11.3 Å². The number of nitriles is 1. The number of ether oxygens (including phenoxy) is 1. The fraction of sp³-hybridized carbons (Fsp3) is 0.933. The minimum atomic E-state index is -0.370. The Morgan fingerprint density at radius 2 is 2.21 bits per heavy atom. The molecule has 1 saturated heterocycles. The van der Waals surface area contributed by atoms with E-state index in [1.54, 1.807) is 0 Å². The van der Waals surface area contributed by atoms with Crippen LogP contribution in [-0.4, -0.2) is 48.8 Å². The highest BCUT2D eigenvalue weighted by Crippen LogP contribution is 2.24. The molecular weight excluding hydrogens is 238 g/mol. The van der Waals surface area contributed by atoms with Gasteiger partial charge in [0.2, 0.25) is 0 Å². The molecule has 1 saturated carbocycles. The van der Waals surface area contributed by atoms with E-state index in [1.807, 2.05) is 6.92 Å². The van der Waals surface area contributed by atoms with Gasteiger partial charge in [-0.15, -0.1) is 0 Å². The van der Waals surface area contributed by atoms with E-state index >= 15 is 0 Å². The number of nitrogens with zero attached hydrogens (tertiary/aromatic N) is 2. The first-order valence-corrected chi connectivity index (χ1v) is 7.68. The minimum absolute atomic E-state index is 0.370. The van der Waals surface area contributed by atoms with Crippen molar-refractivity contribution in [2.75, 3.05) is 26.2 Å². The third-order valence-corrected chi connectivity index (χ3v) is 4.21. The van der Waals surface area contributed by atoms with Crippen molar-refractivity contribution < 1.29 is 4.74 Å². The van der Waals surface area contributed by atoms with E-state index in [-0.39, 0.29) is 5.54 Å². The van der Waals surface area contributed by atoms with Crippen LogP contribution in [0.15, 0.2) is 0 Å². The monoisotopic (exact) mass is 265 g/mol. The van der Waals surface area contributed by atoms with Crippen molar-refractivity contribution in [2.24, 2.45) is 0 Å². The van der Waals surface area contributed by atoms with E-state index in [2.05, 4.69) is 23.2 Å². The molecule has 19 heavy (non-hydrogen) atoms. The van der Waals surface area contributed by atoms with Gasteiger partial charge in [0.25, 0.3) is 0 Å². The summed E-state index contributed by atoms with van der Waals surface area (Å²) in [4.78, 5) is 2.42. The lowest BCUT2D eigenvalue weighted by atomic mass is 9.99. The topological polar surface area (TPSA) is 48.3 Å². The van der Waals surface area contributed by atoms with Crippen molar-refractivity contribution in [1.82, 2.24) is 10.2 Å². The Balaban J connectivity index is 1.75. The second-order valence-corrected chi connectivity index (χ2v) is 6.14. The van der Waals surface area contributed by atoms with Crippen LogP contribution >= 0.6 is 0 Å². The van der Waals surface area contributed by atoms with Gasteiger partial charge in [-0.1, -0.05) is 6.92 Å². The van der Waals surface area contributed by atoms with Crippen molar-refractivity contribution in [1.29, 1.82) is 5.26 Å². The summed E-state index contributed by atoms with van der Waals surface area (Å²) in [6, 6.07) is 3.04. The van der Waals surface area contributed by atoms with Gasteiger partial charge < -0.3 is 9.64 Å². The molecule has 2 unspecified atom stereocenters. The molecule has 4 heteroatoms. The summed E-state index contributed by atoms with van der Waals surface area (Å²) in [7, 11) is 0. The first-order chi connectivity index (χ1) is 9.15. The highest BCUT2D eigenvalue weighted by atomic mass is 16.5. The molecule has 2 rings (SSSR count). The third-order valence-electron chi connectivity index (χ3n) is 4.21. The zero-order valence-corrected chi connectivity index (χ0v) is 12.3. The maximum Gasteiger partial charge on any atom is 0.105 e. The molecule has 2 atom stereocenters. The van der Waals surface area contributed by atoms with Crippen molar-refractivity contribution in [3.8, 4) is 6.07 Å². The summed E-state index contributed by atoms with van der Waals surface area (Å²) in [6.45, 7) is 8.16. The standard InChI is InChI=1S/C15H27N3O/c1-3-18(11-14-5-4-10-19-14)9-8-15(2,12-16)17-13-6-7-13/h13-14,17H,3-11H2,1-2H3. The average Bonchev–Trinajstić information content (AvgIpc) is 3.07. The van der Waals surface area contributed by atoms with Crippen LogP contribution in [-0.2, 0) is 4.74 Å². The number of rotatable bonds is 8. The van der Waals surface area contributed by atoms with Gasteiger partial charge >= 0.3 is 0 Å². The third kappa shape index (κ3) is 4.76. The van der Waals surface area contributed by atoms with E-state index in [0.717, 1.165) is 32.7 Å². The number of hydrogen-bond donors (Lipinski definition) is 1. The van der Waals surface area contributed by atoms with E-state index in [1.165, 1.54) is 25.7 Å². The molecule has 0 aromatic carbocycles. The zero-order valence-electron chi connectivity index (χ0n) is 12.3. The fourth-order valence-corrected chi connectivity index (χ4v) is 2.68. The SMILES string of the molecule is CCN(CCC(C)(C#N)NC1CC1)CC1CCCO1. The van der Waals surface area contributed by atoms with Crippen LogP contribution in [0.2, 0.25) is 0 Å². The lowest BCUT2D eigenvalue weighted by Crippen LogP contribution is -2.45. The molecule has 2 aliphatic rings. The predicted molar refractivity (Wildman–Crippen MR) is 75.9 cm³/mol. The molecule has 1 heterocycles. The average molecular weight is 265 g/mol. The second-order valence-electron chi connectivity index (χ2n) is 6.14. The van der Waals surface area contributed by atoms with Crippen LogP contribution in [0.3, 0.4) is 0 Å². The molecule has 1 N–H and O–H groups in total. The highest BCUT2D eigenvalue weighted by Gasteiger charge is 2.32. The molecule has 0 spiro atoms. The Bertz CT molecular complexity index is 318. The molecule has 4 nitrogen and oxygen atoms in total. The fourth-order valence-electron chi connectivity index (χ4n) is 2.68. The predicted octanol–water partition coefficient (Wildman–Crippen LogP) is 1.91. The summed E-state index contributed by atoms with van der Waals surface area (Å²) >= 11 is 0. The van der Waals surface area contributed by atoms with Crippen LogP contribution in [0.1, 0.15) is 46.0 Å². The Kier molecular flexibility index (Phi) is 5.20. The normalized spacial score (nSPS) is 26.3. The summed E-state index contributed by atoms with van der Waals surface area (Å²) in [5, 5.41) is 12.8. The zero-order chi connectivity index (χ0) is 13.7. The van der Waals surface area contributed by atoms with Crippen molar-refractivity contribution in [3.05, 3.63) is 0 Å². The van der Waals surface area contributed by atoms with E-state index in [0.29, 0.717) is 12.1 Å². The van der Waals surface area contributed by atoms with Gasteiger partial charge in [0.15, 0.2) is 0 Å². The lowest BCUT2D eigenvalue weighted by molar-refractivity contribution is 0.0726. The summed E-state index contributed by atoms with van der Waals surface area (Å²) in [5.74, 6) is 0. The molecule has 2 fully saturated rings. The van der Waals surface area contributed by atoms with E-state index < -0.39 is 0 Å². The Morgan fingerprint density at radius 1 is 1.42 bits per heavy atom. The van der Waals surface area contributed by atoms with Crippen LogP contribution in [0.4, 0.5) is 0 Å². The second kappa shape index (κ2) is 6.69. The summed E-state index contributed by atoms with van der Waals surface area (Å²) in [5.41, 5.74) is -0.370. The van der Waals surface area contributed by atoms with Crippen molar-refractivity contribution in [2.45, 2.75) is 63.6 Å². The van der Waals surface area contributed by atoms with Crippen LogP contribution in [0.5, 0.6) is 0 Å². The Morgan fingerprint density at radius 3 is 2.74 bits per heavy atom. The molecule has 0 aromatic heterocycles. The lowest BCUT2D eigenvalue weighted by Gasteiger charge is -2.29. The van der Waals surface area contributed by atoms with Gasteiger partial charge in [0.05, 0.1) is 12.2 Å². The molecule has 108 valence electrons. The molecule has 1 aliphatic heterocycles. The van der Waals surface area contributed by atoms with Gasteiger partial charge in [-0.05, 0) is 45.6 Å². The van der Waals surface area contributed by atoms with Crippen LogP contribution < -0.4 is 5.32 Å². The quantitative estimate of drug-likeness (QED) is 0.728. The van der Waals surface area contributed by atoms with Gasteiger partial charge in [-0.25, -0.2) is 0 Å². The smallest absolute Gasteiger partial charge is 0.105 e. The van der Waals surface area contributed by atoms with Crippen LogP contribution in [0.25, 0.3) is 0 Å². The Labute approximate surface area is 117 Å². The molecule has 0 bridgehead atoms. The summed E-state index contributed by atoms with van der Waals surface area (Å²) in [6.07, 6.45) is 6.13. The largest absolute Gasteiger partial charge is 0.377 e. The maximum atomic E-state index is 9.38. The van der Waals surface area contributed by atoms with Crippen molar-refractivity contribution in [3.63, 3.8) is 0 Å². The molecule has 1 aliphatic carbocycles. The molecule has 0 aromatic rings. The minimum Gasteiger partial charge on any atom is -0.377 e. The van der Waals surface area contributed by atoms with Gasteiger partial charge in [-0.2, -0.15) is 5.26 Å². The highest BCUT2D eigenvalue weighted by molar-refractivity contribution is 5.07. The number of hydrogen-bond acceptors (Lipinski definition) is 4. The number of likely N-dealkylation sites (N-methyl/N-ethyl adjacent to an activating group) is 1. The maximum absolute atomic E-state index is 9.38. The molecule has 0 amide bonds. The van der Waals surface area contributed by atoms with Gasteiger partial charge in [-0.3, -0.25) is 5.32 Å². The van der Waals surface area contributed by atoms with E-state index in [4.69, 9.17) is 4.74 Å². The first-order valence-electron chi connectivity index (χ1n) is 7.68. The van der Waals surface area contributed by atoms with Crippen molar-refractivity contribution >= 4 is 0 Å². The van der Waals surface area contributed by atoms with Gasteiger partial charge in [0, 0.05) is 25.7 Å². The van der Waals surface area contributed by atoms with E-state index in [9.17, 15) is 5.26 Å². The number of nitrogens with one attached hydrogen (secondary N) is 1. The van der Waals surface area contributed by atoms with Gasteiger partial charge in [0.1, 0.15) is 5.54 Å². The summed E-state index contributed by atoms with van der Waals surface area (Å²) < 4.78 is 5.70. The first kappa shape index (κ1) is 14.8.